The highest BCUT2D eigenvalue weighted by molar-refractivity contribution is 7.12. The molecule has 1 aliphatic heterocycles. The SMILES string of the molecule is O=C1NC(=O)C(=Cc2cccc(OC(=O)c3cccs3)c2)C(=O)N1. The van der Waals surface area contributed by atoms with Crippen LogP contribution in [-0.4, -0.2) is 23.8 Å². The summed E-state index contributed by atoms with van der Waals surface area (Å²) in [7, 11) is 0. The molecule has 24 heavy (non-hydrogen) atoms. The largest absolute Gasteiger partial charge is 0.422 e. The van der Waals surface area contributed by atoms with Crippen molar-refractivity contribution in [2.75, 3.05) is 0 Å². The summed E-state index contributed by atoms with van der Waals surface area (Å²) in [5, 5.41) is 5.73. The zero-order valence-electron chi connectivity index (χ0n) is 12.1. The van der Waals surface area contributed by atoms with Crippen LogP contribution in [0.15, 0.2) is 47.4 Å². The van der Waals surface area contributed by atoms with Crippen LogP contribution in [0.5, 0.6) is 5.75 Å². The van der Waals surface area contributed by atoms with E-state index in [1.807, 2.05) is 10.6 Å². The van der Waals surface area contributed by atoms with E-state index in [0.29, 0.717) is 10.4 Å². The molecule has 1 aromatic carbocycles. The van der Waals surface area contributed by atoms with Crippen molar-refractivity contribution in [2.45, 2.75) is 0 Å². The molecule has 120 valence electrons. The summed E-state index contributed by atoms with van der Waals surface area (Å²) in [6.45, 7) is 0. The first-order chi connectivity index (χ1) is 11.5. The van der Waals surface area contributed by atoms with Crippen molar-refractivity contribution >= 4 is 41.2 Å². The molecule has 0 unspecified atom stereocenters. The highest BCUT2D eigenvalue weighted by atomic mass is 32.1. The predicted octanol–water partition coefficient (Wildman–Crippen LogP) is 1.72. The maximum atomic E-state index is 11.9. The Hall–Kier alpha value is -3.26. The lowest BCUT2D eigenvalue weighted by atomic mass is 10.1. The second-order valence-corrected chi connectivity index (χ2v) is 5.68. The fraction of sp³-hybridized carbons (Fsp3) is 0. The Bertz CT molecular complexity index is 848. The van der Waals surface area contributed by atoms with Gasteiger partial charge < -0.3 is 4.74 Å². The molecule has 2 heterocycles. The number of amides is 4. The van der Waals surface area contributed by atoms with Crippen LogP contribution in [0.3, 0.4) is 0 Å². The maximum absolute atomic E-state index is 11.9. The van der Waals surface area contributed by atoms with Crippen molar-refractivity contribution in [2.24, 2.45) is 0 Å². The third kappa shape index (κ3) is 3.39. The van der Waals surface area contributed by atoms with E-state index in [1.165, 1.54) is 23.5 Å². The lowest BCUT2D eigenvalue weighted by Crippen LogP contribution is -2.51. The highest BCUT2D eigenvalue weighted by Gasteiger charge is 2.27. The topological polar surface area (TPSA) is 102 Å². The fourth-order valence-corrected chi connectivity index (χ4v) is 2.59. The van der Waals surface area contributed by atoms with Gasteiger partial charge in [0.15, 0.2) is 0 Å². The molecule has 0 saturated carbocycles. The number of carbonyl (C=O) groups excluding carboxylic acids is 4. The Morgan fingerprint density at radius 2 is 1.79 bits per heavy atom. The lowest BCUT2D eigenvalue weighted by Gasteiger charge is -2.14. The van der Waals surface area contributed by atoms with E-state index in [2.05, 4.69) is 0 Å². The smallest absolute Gasteiger partial charge is 0.353 e. The molecule has 0 spiro atoms. The number of benzene rings is 1. The van der Waals surface area contributed by atoms with Crippen molar-refractivity contribution in [1.29, 1.82) is 0 Å². The molecule has 8 heteroatoms. The second-order valence-electron chi connectivity index (χ2n) is 4.73. The van der Waals surface area contributed by atoms with Gasteiger partial charge >= 0.3 is 12.0 Å². The molecular weight excluding hydrogens is 332 g/mol. The normalized spacial score (nSPS) is 14.0. The Balaban J connectivity index is 1.82. The lowest BCUT2D eigenvalue weighted by molar-refractivity contribution is -0.123. The Morgan fingerprint density at radius 3 is 2.46 bits per heavy atom. The Morgan fingerprint density at radius 1 is 1.04 bits per heavy atom. The number of nitrogens with one attached hydrogen (secondary N) is 2. The molecule has 3 rings (SSSR count). The van der Waals surface area contributed by atoms with E-state index in [4.69, 9.17) is 4.74 Å². The molecule has 2 N–H and O–H groups in total. The summed E-state index contributed by atoms with van der Waals surface area (Å²) in [6, 6.07) is 8.87. The van der Waals surface area contributed by atoms with Crippen molar-refractivity contribution < 1.29 is 23.9 Å². The minimum atomic E-state index is -0.860. The molecule has 1 aromatic heterocycles. The first-order valence-electron chi connectivity index (χ1n) is 6.77. The van der Waals surface area contributed by atoms with Crippen LogP contribution >= 0.6 is 11.3 Å². The molecular formula is C16H10N2O5S. The number of thiophene rings is 1. The average molecular weight is 342 g/mol. The van der Waals surface area contributed by atoms with E-state index in [1.54, 1.807) is 35.7 Å². The van der Waals surface area contributed by atoms with Gasteiger partial charge in [-0.2, -0.15) is 0 Å². The number of urea groups is 1. The monoisotopic (exact) mass is 342 g/mol. The molecule has 0 radical (unpaired) electrons. The van der Waals surface area contributed by atoms with Gasteiger partial charge in [-0.05, 0) is 35.2 Å². The van der Waals surface area contributed by atoms with Gasteiger partial charge in [-0.3, -0.25) is 20.2 Å². The fourth-order valence-electron chi connectivity index (χ4n) is 1.99. The average Bonchev–Trinajstić information content (AvgIpc) is 3.06. The summed E-state index contributed by atoms with van der Waals surface area (Å²) in [5.74, 6) is -1.79. The van der Waals surface area contributed by atoms with E-state index in [-0.39, 0.29) is 11.3 Å². The minimum Gasteiger partial charge on any atom is -0.422 e. The zero-order chi connectivity index (χ0) is 17.1. The van der Waals surface area contributed by atoms with Gasteiger partial charge in [0.1, 0.15) is 16.2 Å². The predicted molar refractivity (Wildman–Crippen MR) is 85.4 cm³/mol. The van der Waals surface area contributed by atoms with E-state index >= 15 is 0 Å². The third-order valence-corrected chi connectivity index (χ3v) is 3.90. The van der Waals surface area contributed by atoms with Crippen molar-refractivity contribution in [1.82, 2.24) is 10.6 Å². The Kier molecular flexibility index (Phi) is 4.21. The van der Waals surface area contributed by atoms with Gasteiger partial charge in [0.25, 0.3) is 11.8 Å². The molecule has 1 aliphatic rings. The molecule has 1 fully saturated rings. The van der Waals surface area contributed by atoms with Crippen molar-refractivity contribution in [3.05, 3.63) is 57.8 Å². The van der Waals surface area contributed by atoms with Gasteiger partial charge in [-0.15, -0.1) is 11.3 Å². The minimum absolute atomic E-state index is 0.212. The summed E-state index contributed by atoms with van der Waals surface area (Å²) < 4.78 is 5.25. The first kappa shape index (κ1) is 15.6. The molecule has 1 saturated heterocycles. The van der Waals surface area contributed by atoms with Gasteiger partial charge in [-0.1, -0.05) is 18.2 Å². The van der Waals surface area contributed by atoms with Gasteiger partial charge in [0.2, 0.25) is 0 Å². The van der Waals surface area contributed by atoms with Gasteiger partial charge in [-0.25, -0.2) is 9.59 Å². The first-order valence-corrected chi connectivity index (χ1v) is 7.65. The molecule has 2 aromatic rings. The van der Waals surface area contributed by atoms with E-state index in [9.17, 15) is 19.2 Å². The maximum Gasteiger partial charge on any atom is 0.353 e. The number of carbonyl (C=O) groups is 4. The molecule has 0 atom stereocenters. The van der Waals surface area contributed by atoms with Crippen molar-refractivity contribution in [3.63, 3.8) is 0 Å². The van der Waals surface area contributed by atoms with Crippen LogP contribution in [0.1, 0.15) is 15.2 Å². The summed E-state index contributed by atoms with van der Waals surface area (Å²) in [6.07, 6.45) is 1.31. The number of barbiturate groups is 1. The number of imide groups is 2. The summed E-state index contributed by atoms with van der Waals surface area (Å²) in [5.41, 5.74) is 0.262. The highest BCUT2D eigenvalue weighted by Crippen LogP contribution is 2.19. The molecule has 0 aliphatic carbocycles. The Labute approximate surface area is 139 Å². The number of esters is 1. The van der Waals surface area contributed by atoms with Gasteiger partial charge in [0, 0.05) is 0 Å². The summed E-state index contributed by atoms with van der Waals surface area (Å²) >= 11 is 1.26. The third-order valence-electron chi connectivity index (χ3n) is 3.05. The number of hydrogen-bond donors (Lipinski definition) is 2. The standard InChI is InChI=1S/C16H10N2O5S/c19-13-11(14(20)18-16(22)17-13)8-9-3-1-4-10(7-9)23-15(21)12-5-2-6-24-12/h1-8H,(H2,17,18,19,20,22). The molecule has 7 nitrogen and oxygen atoms in total. The van der Waals surface area contributed by atoms with Crippen molar-refractivity contribution in [3.8, 4) is 5.75 Å². The number of rotatable bonds is 3. The van der Waals surface area contributed by atoms with E-state index in [0.717, 1.165) is 0 Å². The van der Waals surface area contributed by atoms with Gasteiger partial charge in [0.05, 0.1) is 0 Å². The van der Waals surface area contributed by atoms with E-state index < -0.39 is 23.8 Å². The quantitative estimate of drug-likeness (QED) is 0.383. The summed E-state index contributed by atoms with van der Waals surface area (Å²) in [4.78, 5) is 46.8. The molecule has 4 amide bonds. The van der Waals surface area contributed by atoms with Crippen LogP contribution in [0.4, 0.5) is 4.79 Å². The van der Waals surface area contributed by atoms with Crippen LogP contribution in [0.2, 0.25) is 0 Å². The zero-order valence-corrected chi connectivity index (χ0v) is 12.9. The second kappa shape index (κ2) is 6.47. The van der Waals surface area contributed by atoms with Crippen LogP contribution < -0.4 is 15.4 Å². The van der Waals surface area contributed by atoms with Crippen LogP contribution in [0.25, 0.3) is 6.08 Å². The number of ether oxygens (including phenoxy) is 1. The van der Waals surface area contributed by atoms with Crippen LogP contribution in [-0.2, 0) is 9.59 Å². The molecule has 0 bridgehead atoms. The van der Waals surface area contributed by atoms with Crippen LogP contribution in [0, 0.1) is 0 Å². The number of hydrogen-bond acceptors (Lipinski definition) is 6.